The molecule has 0 aliphatic carbocycles. The van der Waals surface area contributed by atoms with Crippen LogP contribution in [0.5, 0.6) is 5.75 Å². The highest BCUT2D eigenvalue weighted by atomic mass is 16.5. The van der Waals surface area contributed by atoms with Crippen molar-refractivity contribution in [3.63, 3.8) is 0 Å². The second kappa shape index (κ2) is 14.1. The SMILES string of the molecule is CC(C)(C)CN1CCC2(CC1)CCN(CCCn1ccnc1CC(NCc1ccc(OCC(=O)O)cc1)c1ncc[nH]1)C2. The molecule has 10 heteroatoms. The molecule has 1 aromatic carbocycles. The molecule has 3 aromatic rings. The number of hydrogen-bond donors (Lipinski definition) is 3. The Labute approximate surface area is 255 Å². The number of nitrogens with zero attached hydrogens (tertiary/aromatic N) is 5. The third kappa shape index (κ3) is 9.14. The van der Waals surface area contributed by atoms with Crippen molar-refractivity contribution in [1.29, 1.82) is 0 Å². The quantitative estimate of drug-likeness (QED) is 0.254. The number of benzene rings is 1. The molecule has 2 fully saturated rings. The Kier molecular flexibility index (Phi) is 10.2. The van der Waals surface area contributed by atoms with E-state index in [0.29, 0.717) is 23.1 Å². The van der Waals surface area contributed by atoms with Crippen LogP contribution in [0.15, 0.2) is 49.1 Å². The summed E-state index contributed by atoms with van der Waals surface area (Å²) in [5.74, 6) is 1.49. The average molecular weight is 592 g/mol. The minimum Gasteiger partial charge on any atom is -0.482 e. The van der Waals surface area contributed by atoms with E-state index in [9.17, 15) is 4.79 Å². The number of H-pyrrole nitrogens is 1. The zero-order valence-corrected chi connectivity index (χ0v) is 26.1. The Hall–Kier alpha value is -3.21. The van der Waals surface area contributed by atoms with E-state index in [4.69, 9.17) is 14.8 Å². The molecule has 0 bridgehead atoms. The van der Waals surface area contributed by atoms with Crippen LogP contribution < -0.4 is 10.1 Å². The summed E-state index contributed by atoms with van der Waals surface area (Å²) in [6.07, 6.45) is 13.5. The van der Waals surface area contributed by atoms with Gasteiger partial charge in [0.2, 0.25) is 0 Å². The predicted molar refractivity (Wildman–Crippen MR) is 167 cm³/mol. The van der Waals surface area contributed by atoms with E-state index < -0.39 is 5.97 Å². The molecule has 0 radical (unpaired) electrons. The van der Waals surface area contributed by atoms with E-state index >= 15 is 0 Å². The zero-order chi connectivity index (χ0) is 30.3. The van der Waals surface area contributed by atoms with Crippen LogP contribution >= 0.6 is 0 Å². The van der Waals surface area contributed by atoms with Crippen LogP contribution in [0.4, 0.5) is 0 Å². The minimum absolute atomic E-state index is 0.0262. The smallest absolute Gasteiger partial charge is 0.341 e. The average Bonchev–Trinajstić information content (AvgIpc) is 3.74. The van der Waals surface area contributed by atoms with Gasteiger partial charge in [-0.25, -0.2) is 14.8 Å². The van der Waals surface area contributed by atoms with Crippen LogP contribution in [-0.4, -0.2) is 86.3 Å². The summed E-state index contributed by atoms with van der Waals surface area (Å²) in [5, 5.41) is 12.4. The number of carbonyl (C=O) groups is 1. The number of aromatic amines is 1. The molecule has 234 valence electrons. The van der Waals surface area contributed by atoms with Crippen LogP contribution in [0.25, 0.3) is 0 Å². The first-order valence-electron chi connectivity index (χ1n) is 15.8. The number of aromatic nitrogens is 4. The molecule has 2 saturated heterocycles. The highest BCUT2D eigenvalue weighted by Gasteiger charge is 2.40. The normalized spacial score (nSPS) is 18.3. The molecule has 1 atom stereocenters. The number of aliphatic carboxylic acids is 1. The van der Waals surface area contributed by atoms with E-state index in [1.807, 2.05) is 24.5 Å². The number of aryl methyl sites for hydroxylation is 1. The van der Waals surface area contributed by atoms with Crippen molar-refractivity contribution in [3.8, 4) is 5.75 Å². The van der Waals surface area contributed by atoms with Gasteiger partial charge in [0.25, 0.3) is 0 Å². The number of nitrogens with one attached hydrogen (secondary N) is 2. The molecule has 1 unspecified atom stereocenters. The topological polar surface area (TPSA) is 112 Å². The fourth-order valence-electron chi connectivity index (χ4n) is 6.69. The number of hydrogen-bond acceptors (Lipinski definition) is 7. The van der Waals surface area contributed by atoms with Gasteiger partial charge in [-0.3, -0.25) is 0 Å². The van der Waals surface area contributed by atoms with Gasteiger partial charge in [0.15, 0.2) is 6.61 Å². The number of imidazole rings is 2. The molecular weight excluding hydrogens is 542 g/mol. The summed E-state index contributed by atoms with van der Waals surface area (Å²) in [7, 11) is 0. The van der Waals surface area contributed by atoms with Crippen molar-refractivity contribution in [3.05, 3.63) is 66.3 Å². The first kappa shape index (κ1) is 31.2. The fourth-order valence-corrected chi connectivity index (χ4v) is 6.69. The number of piperidine rings is 1. The van der Waals surface area contributed by atoms with Gasteiger partial charge in [-0.15, -0.1) is 0 Å². The van der Waals surface area contributed by atoms with Crippen LogP contribution in [0.3, 0.4) is 0 Å². The summed E-state index contributed by atoms with van der Waals surface area (Å²) < 4.78 is 7.55. The Balaban J connectivity index is 1.09. The van der Waals surface area contributed by atoms with Gasteiger partial charge >= 0.3 is 5.97 Å². The van der Waals surface area contributed by atoms with Crippen molar-refractivity contribution in [2.75, 3.05) is 45.9 Å². The molecule has 5 rings (SSSR count). The zero-order valence-electron chi connectivity index (χ0n) is 26.1. The Morgan fingerprint density at radius 3 is 2.49 bits per heavy atom. The molecule has 2 aliphatic heterocycles. The number of rotatable bonds is 14. The third-order valence-corrected chi connectivity index (χ3v) is 8.88. The number of carboxylic acids is 1. The minimum atomic E-state index is -0.988. The molecule has 2 aliphatic rings. The highest BCUT2D eigenvalue weighted by Crippen LogP contribution is 2.40. The van der Waals surface area contributed by atoms with E-state index in [0.717, 1.165) is 43.1 Å². The Morgan fingerprint density at radius 2 is 1.81 bits per heavy atom. The largest absolute Gasteiger partial charge is 0.482 e. The van der Waals surface area contributed by atoms with Crippen molar-refractivity contribution < 1.29 is 14.6 Å². The van der Waals surface area contributed by atoms with Crippen molar-refractivity contribution in [2.45, 2.75) is 72.0 Å². The number of likely N-dealkylation sites (tertiary alicyclic amines) is 2. The molecule has 4 heterocycles. The summed E-state index contributed by atoms with van der Waals surface area (Å²) in [6.45, 7) is 15.6. The van der Waals surface area contributed by atoms with Crippen LogP contribution in [0.1, 0.15) is 69.7 Å². The first-order valence-corrected chi connectivity index (χ1v) is 15.8. The van der Waals surface area contributed by atoms with Crippen molar-refractivity contribution in [1.82, 2.24) is 34.6 Å². The summed E-state index contributed by atoms with van der Waals surface area (Å²) in [4.78, 5) is 28.6. The summed E-state index contributed by atoms with van der Waals surface area (Å²) >= 11 is 0. The predicted octanol–water partition coefficient (Wildman–Crippen LogP) is 4.37. The highest BCUT2D eigenvalue weighted by molar-refractivity contribution is 5.68. The van der Waals surface area contributed by atoms with Crippen LogP contribution in [0, 0.1) is 10.8 Å². The molecule has 1 spiro atoms. The van der Waals surface area contributed by atoms with Crippen molar-refractivity contribution >= 4 is 5.97 Å². The monoisotopic (exact) mass is 591 g/mol. The van der Waals surface area contributed by atoms with E-state index in [2.05, 4.69) is 56.6 Å². The lowest BCUT2D eigenvalue weighted by Gasteiger charge is -2.41. The van der Waals surface area contributed by atoms with Gasteiger partial charge in [0.05, 0.1) is 6.04 Å². The molecule has 0 saturated carbocycles. The third-order valence-electron chi connectivity index (χ3n) is 8.88. The van der Waals surface area contributed by atoms with Gasteiger partial charge in [-0.05, 0) is 80.4 Å². The first-order chi connectivity index (χ1) is 20.7. The van der Waals surface area contributed by atoms with Gasteiger partial charge in [0.1, 0.15) is 17.4 Å². The molecule has 43 heavy (non-hydrogen) atoms. The number of ether oxygens (including phenoxy) is 1. The molecule has 10 nitrogen and oxygen atoms in total. The maximum atomic E-state index is 10.7. The maximum Gasteiger partial charge on any atom is 0.341 e. The van der Waals surface area contributed by atoms with Gasteiger partial charge in [0, 0.05) is 57.4 Å². The van der Waals surface area contributed by atoms with Crippen molar-refractivity contribution in [2.24, 2.45) is 10.8 Å². The van der Waals surface area contributed by atoms with Crippen LogP contribution in [-0.2, 0) is 24.3 Å². The second-order valence-corrected chi connectivity index (χ2v) is 13.7. The second-order valence-electron chi connectivity index (χ2n) is 13.7. The van der Waals surface area contributed by atoms with E-state index in [1.165, 1.54) is 52.0 Å². The number of carboxylic acid groups (broad SMARTS) is 1. The lowest BCUT2D eigenvalue weighted by Crippen LogP contribution is -2.44. The van der Waals surface area contributed by atoms with Gasteiger partial charge in [-0.2, -0.15) is 0 Å². The summed E-state index contributed by atoms with van der Waals surface area (Å²) in [6, 6.07) is 7.46. The van der Waals surface area contributed by atoms with Gasteiger partial charge in [-0.1, -0.05) is 32.9 Å². The Bertz CT molecular complexity index is 1270. The molecule has 0 amide bonds. The fraction of sp³-hybridized carbons (Fsp3) is 0.606. The lowest BCUT2D eigenvalue weighted by atomic mass is 9.77. The Morgan fingerprint density at radius 1 is 1.07 bits per heavy atom. The molecular formula is C33H49N7O3. The maximum absolute atomic E-state index is 10.7. The molecule has 3 N–H and O–H groups in total. The summed E-state index contributed by atoms with van der Waals surface area (Å²) in [5.41, 5.74) is 1.98. The van der Waals surface area contributed by atoms with Crippen LogP contribution in [0.2, 0.25) is 0 Å². The standard InChI is InChI=1S/C33H49N7O3/c1-32(2,3)24-39-18-10-33(11-19-39)9-17-38(25-33)15-4-16-40-20-14-34-29(40)21-28(31-35-12-13-36-31)37-22-26-5-7-27(8-6-26)43-23-30(41)42/h5-8,12-14,20,28,37H,4,9-11,15-19,21-25H2,1-3H3,(H,35,36)(H,41,42). The van der Waals surface area contributed by atoms with Gasteiger partial charge < -0.3 is 34.5 Å². The van der Waals surface area contributed by atoms with E-state index in [1.54, 1.807) is 18.3 Å². The van der Waals surface area contributed by atoms with E-state index in [-0.39, 0.29) is 12.6 Å². The lowest BCUT2D eigenvalue weighted by molar-refractivity contribution is -0.139. The molecule has 2 aromatic heterocycles.